The molecule has 2 rings (SSSR count). The lowest BCUT2D eigenvalue weighted by Gasteiger charge is -2.06. The lowest BCUT2D eigenvalue weighted by molar-refractivity contribution is -0.113. The van der Waals surface area contributed by atoms with Crippen LogP contribution in [0.25, 0.3) is 0 Å². The lowest BCUT2D eigenvalue weighted by Crippen LogP contribution is -2.14. The molecule has 0 aliphatic rings. The topological polar surface area (TPSA) is 29.1 Å². The van der Waals surface area contributed by atoms with Crippen LogP contribution in [0.1, 0.15) is 17.5 Å². The Labute approximate surface area is 135 Å². The zero-order valence-corrected chi connectivity index (χ0v) is 13.5. The summed E-state index contributed by atoms with van der Waals surface area (Å²) in [6, 6.07) is 15.1. The van der Waals surface area contributed by atoms with Crippen molar-refractivity contribution in [3.63, 3.8) is 0 Å². The highest BCUT2D eigenvalue weighted by molar-refractivity contribution is 7.99. The number of nitrogens with one attached hydrogen (secondary N) is 1. The molecule has 0 unspecified atom stereocenters. The fourth-order valence-corrected chi connectivity index (χ4v) is 2.81. The Hall–Kier alpha value is -1.81. The summed E-state index contributed by atoms with van der Waals surface area (Å²) in [5.41, 5.74) is 2.41. The minimum absolute atomic E-state index is 0.0898. The molecule has 2 nitrogen and oxygen atoms in total. The Balaban J connectivity index is 1.64. The van der Waals surface area contributed by atoms with Crippen LogP contribution in [0.15, 0.2) is 48.5 Å². The van der Waals surface area contributed by atoms with Gasteiger partial charge in [0.25, 0.3) is 0 Å². The summed E-state index contributed by atoms with van der Waals surface area (Å²) >= 11 is 1.60. The molecule has 1 N–H and O–H groups in total. The van der Waals surface area contributed by atoms with Crippen LogP contribution in [0.3, 0.4) is 0 Å². The number of halogens is 1. The SMILES string of the molecule is Cc1ccc(NC(=O)CSCCCc2ccccc2)cc1F. The van der Waals surface area contributed by atoms with E-state index in [1.807, 2.05) is 18.2 Å². The molecule has 2 aromatic rings. The number of carbonyl (C=O) groups excluding carboxylic acids is 1. The van der Waals surface area contributed by atoms with Gasteiger partial charge in [-0.15, -0.1) is 0 Å². The fraction of sp³-hybridized carbons (Fsp3) is 0.278. The van der Waals surface area contributed by atoms with E-state index in [1.54, 1.807) is 30.8 Å². The van der Waals surface area contributed by atoms with Gasteiger partial charge in [-0.2, -0.15) is 11.8 Å². The van der Waals surface area contributed by atoms with Gasteiger partial charge in [0.15, 0.2) is 0 Å². The zero-order chi connectivity index (χ0) is 15.8. The molecule has 0 saturated carbocycles. The molecule has 0 radical (unpaired) electrons. The Kier molecular flexibility index (Phi) is 6.46. The van der Waals surface area contributed by atoms with Gasteiger partial charge in [0, 0.05) is 5.69 Å². The van der Waals surface area contributed by atoms with Crippen molar-refractivity contribution in [2.24, 2.45) is 0 Å². The van der Waals surface area contributed by atoms with Crippen LogP contribution in [-0.4, -0.2) is 17.4 Å². The van der Waals surface area contributed by atoms with Gasteiger partial charge in [-0.05, 0) is 48.8 Å². The number of aryl methyl sites for hydroxylation is 2. The fourth-order valence-electron chi connectivity index (χ4n) is 2.06. The van der Waals surface area contributed by atoms with Crippen LogP contribution >= 0.6 is 11.8 Å². The van der Waals surface area contributed by atoms with Crippen LogP contribution in [0, 0.1) is 12.7 Å². The van der Waals surface area contributed by atoms with E-state index in [-0.39, 0.29) is 11.7 Å². The van der Waals surface area contributed by atoms with Crippen LogP contribution in [-0.2, 0) is 11.2 Å². The third-order valence-corrected chi connectivity index (χ3v) is 4.33. The van der Waals surface area contributed by atoms with Gasteiger partial charge in [0.2, 0.25) is 5.91 Å². The normalized spacial score (nSPS) is 10.5. The van der Waals surface area contributed by atoms with Crippen molar-refractivity contribution in [1.82, 2.24) is 0 Å². The first kappa shape index (κ1) is 16.6. The maximum Gasteiger partial charge on any atom is 0.234 e. The van der Waals surface area contributed by atoms with Gasteiger partial charge >= 0.3 is 0 Å². The van der Waals surface area contributed by atoms with Crippen molar-refractivity contribution in [3.8, 4) is 0 Å². The van der Waals surface area contributed by atoms with Gasteiger partial charge in [-0.3, -0.25) is 4.79 Å². The third-order valence-electron chi connectivity index (χ3n) is 3.29. The summed E-state index contributed by atoms with van der Waals surface area (Å²) < 4.78 is 13.4. The highest BCUT2D eigenvalue weighted by atomic mass is 32.2. The predicted octanol–water partition coefficient (Wildman–Crippen LogP) is 4.44. The second kappa shape index (κ2) is 8.59. The molecule has 0 saturated heterocycles. The van der Waals surface area contributed by atoms with Gasteiger partial charge in [-0.1, -0.05) is 36.4 Å². The summed E-state index contributed by atoms with van der Waals surface area (Å²) in [6.07, 6.45) is 2.07. The second-order valence-electron chi connectivity index (χ2n) is 5.15. The van der Waals surface area contributed by atoms with Gasteiger partial charge in [0.1, 0.15) is 5.82 Å². The van der Waals surface area contributed by atoms with Crippen molar-refractivity contribution in [1.29, 1.82) is 0 Å². The van der Waals surface area contributed by atoms with E-state index in [0.29, 0.717) is 17.0 Å². The van der Waals surface area contributed by atoms with E-state index in [0.717, 1.165) is 18.6 Å². The molecule has 4 heteroatoms. The number of benzene rings is 2. The van der Waals surface area contributed by atoms with Gasteiger partial charge in [0.05, 0.1) is 5.75 Å². The Morgan fingerprint density at radius 3 is 2.68 bits per heavy atom. The summed E-state index contributed by atoms with van der Waals surface area (Å²) in [7, 11) is 0. The molecule has 0 aliphatic carbocycles. The molecule has 1 amide bonds. The average Bonchev–Trinajstić information content (AvgIpc) is 2.52. The molecule has 0 aromatic heterocycles. The highest BCUT2D eigenvalue weighted by Gasteiger charge is 2.05. The molecular formula is C18H20FNOS. The van der Waals surface area contributed by atoms with Crippen molar-refractivity contribution in [3.05, 3.63) is 65.5 Å². The number of anilines is 1. The third kappa shape index (κ3) is 5.53. The minimum atomic E-state index is -0.298. The predicted molar refractivity (Wildman–Crippen MR) is 91.9 cm³/mol. The summed E-state index contributed by atoms with van der Waals surface area (Å²) in [6.45, 7) is 1.70. The van der Waals surface area contributed by atoms with E-state index < -0.39 is 0 Å². The molecule has 2 aromatic carbocycles. The maximum absolute atomic E-state index is 13.4. The standard InChI is InChI=1S/C18H20FNOS/c1-14-9-10-16(12-17(14)19)20-18(21)13-22-11-5-8-15-6-3-2-4-7-15/h2-4,6-7,9-10,12H,5,8,11,13H2,1H3,(H,20,21). The molecule has 0 bridgehead atoms. The van der Waals surface area contributed by atoms with Gasteiger partial charge < -0.3 is 5.32 Å². The second-order valence-corrected chi connectivity index (χ2v) is 6.26. The zero-order valence-electron chi connectivity index (χ0n) is 12.6. The number of thioether (sulfide) groups is 1. The summed E-state index contributed by atoms with van der Waals surface area (Å²) in [5, 5.41) is 2.72. The minimum Gasteiger partial charge on any atom is -0.325 e. The van der Waals surface area contributed by atoms with E-state index in [4.69, 9.17) is 0 Å². The number of hydrogen-bond donors (Lipinski definition) is 1. The first-order valence-electron chi connectivity index (χ1n) is 7.33. The van der Waals surface area contributed by atoms with Crippen molar-refractivity contribution in [2.75, 3.05) is 16.8 Å². The van der Waals surface area contributed by atoms with E-state index in [1.165, 1.54) is 11.6 Å². The number of carbonyl (C=O) groups is 1. The Bertz CT molecular complexity index is 616. The van der Waals surface area contributed by atoms with Crippen LogP contribution in [0.5, 0.6) is 0 Å². The molecule has 22 heavy (non-hydrogen) atoms. The Morgan fingerprint density at radius 1 is 1.18 bits per heavy atom. The number of amides is 1. The van der Waals surface area contributed by atoms with Crippen molar-refractivity contribution < 1.29 is 9.18 Å². The van der Waals surface area contributed by atoms with Gasteiger partial charge in [-0.25, -0.2) is 4.39 Å². The average molecular weight is 317 g/mol. The Morgan fingerprint density at radius 2 is 1.95 bits per heavy atom. The highest BCUT2D eigenvalue weighted by Crippen LogP contribution is 2.14. The molecule has 0 aliphatic heterocycles. The maximum atomic E-state index is 13.4. The summed E-state index contributed by atoms with van der Waals surface area (Å²) in [5.74, 6) is 0.941. The van der Waals surface area contributed by atoms with Crippen molar-refractivity contribution in [2.45, 2.75) is 19.8 Å². The lowest BCUT2D eigenvalue weighted by atomic mass is 10.1. The van der Waals surface area contributed by atoms with E-state index >= 15 is 0 Å². The van der Waals surface area contributed by atoms with Crippen LogP contribution < -0.4 is 5.32 Å². The van der Waals surface area contributed by atoms with E-state index in [9.17, 15) is 9.18 Å². The monoisotopic (exact) mass is 317 g/mol. The molecule has 0 spiro atoms. The number of hydrogen-bond acceptors (Lipinski definition) is 2. The quantitative estimate of drug-likeness (QED) is 0.765. The smallest absolute Gasteiger partial charge is 0.234 e. The largest absolute Gasteiger partial charge is 0.325 e. The van der Waals surface area contributed by atoms with Crippen molar-refractivity contribution >= 4 is 23.4 Å². The molecular weight excluding hydrogens is 297 g/mol. The van der Waals surface area contributed by atoms with E-state index in [2.05, 4.69) is 17.4 Å². The van der Waals surface area contributed by atoms with Crippen LogP contribution in [0.4, 0.5) is 10.1 Å². The molecule has 0 heterocycles. The summed E-state index contributed by atoms with van der Waals surface area (Å²) in [4.78, 5) is 11.8. The molecule has 0 atom stereocenters. The number of rotatable bonds is 7. The first-order chi connectivity index (χ1) is 10.6. The molecule has 116 valence electrons. The first-order valence-corrected chi connectivity index (χ1v) is 8.48. The molecule has 0 fully saturated rings. The van der Waals surface area contributed by atoms with Crippen LogP contribution in [0.2, 0.25) is 0 Å².